The predicted molar refractivity (Wildman–Crippen MR) is 53.9 cm³/mol. The van der Waals surface area contributed by atoms with Gasteiger partial charge in [-0.2, -0.15) is 0 Å². The Bertz CT molecular complexity index is 236. The zero-order valence-electron chi connectivity index (χ0n) is 8.40. The van der Waals surface area contributed by atoms with E-state index >= 15 is 0 Å². The van der Waals surface area contributed by atoms with E-state index in [1.807, 2.05) is 0 Å². The third kappa shape index (κ3) is 9.96. The molecule has 2 heterocycles. The van der Waals surface area contributed by atoms with Crippen molar-refractivity contribution >= 4 is 24.7 Å². The molecule has 2 aliphatic rings. The number of aliphatic imine (C=N–C) groups is 2. The molecule has 90 valence electrons. The molecular weight excluding hydrogens is 220 g/mol. The van der Waals surface area contributed by atoms with Crippen molar-refractivity contribution < 1.29 is 29.3 Å². The van der Waals surface area contributed by atoms with Crippen molar-refractivity contribution in [3.63, 3.8) is 0 Å². The van der Waals surface area contributed by atoms with Gasteiger partial charge >= 0.3 is 11.9 Å². The van der Waals surface area contributed by atoms with Crippen molar-refractivity contribution in [3.8, 4) is 0 Å². The maximum absolute atomic E-state index is 9.10. The van der Waals surface area contributed by atoms with E-state index in [0.717, 1.165) is 26.3 Å². The van der Waals surface area contributed by atoms with Gasteiger partial charge in [-0.3, -0.25) is 9.98 Å². The first kappa shape index (κ1) is 13.9. The Kier molecular flexibility index (Phi) is 8.19. The van der Waals surface area contributed by atoms with E-state index in [1.165, 1.54) is 12.8 Å². The molecule has 0 spiro atoms. The van der Waals surface area contributed by atoms with E-state index in [2.05, 4.69) is 19.5 Å². The Morgan fingerprint density at radius 2 is 1.31 bits per heavy atom. The molecule has 0 saturated heterocycles. The molecule has 0 aromatic rings. The highest BCUT2D eigenvalue weighted by Gasteiger charge is 2.04. The quantitative estimate of drug-likeness (QED) is 0.530. The van der Waals surface area contributed by atoms with E-state index < -0.39 is 11.9 Å². The van der Waals surface area contributed by atoms with Gasteiger partial charge in [0.05, 0.1) is 13.1 Å². The van der Waals surface area contributed by atoms with E-state index in [1.54, 1.807) is 0 Å². The highest BCUT2D eigenvalue weighted by atomic mass is 16.5. The van der Waals surface area contributed by atoms with Crippen LogP contribution < -0.4 is 0 Å². The lowest BCUT2D eigenvalue weighted by molar-refractivity contribution is -0.159. The molecular formula is C8H12N2O6. The van der Waals surface area contributed by atoms with E-state index in [0.29, 0.717) is 0 Å². The summed E-state index contributed by atoms with van der Waals surface area (Å²) in [6, 6.07) is 0. The summed E-state index contributed by atoms with van der Waals surface area (Å²) in [5, 5.41) is 14.8. The molecule has 0 saturated carbocycles. The van der Waals surface area contributed by atoms with Crippen LogP contribution in [0.25, 0.3) is 0 Å². The van der Waals surface area contributed by atoms with Crippen molar-refractivity contribution in [1.29, 1.82) is 0 Å². The molecule has 2 aliphatic heterocycles. The summed E-state index contributed by atoms with van der Waals surface area (Å²) >= 11 is 0. The molecule has 0 aromatic heterocycles. The Labute approximate surface area is 91.2 Å². The first-order valence-electron chi connectivity index (χ1n) is 4.30. The lowest BCUT2D eigenvalue weighted by atomic mass is 10.7. The van der Waals surface area contributed by atoms with Gasteiger partial charge in [0.15, 0.2) is 12.8 Å². The lowest BCUT2D eigenvalue weighted by Gasteiger charge is -1.76. The SMILES string of the molecule is C1=NCCO1.C1=NCCO1.O=C(O)C(=O)O. The zero-order valence-corrected chi connectivity index (χ0v) is 8.40. The maximum atomic E-state index is 9.10. The molecule has 0 bridgehead atoms. The number of hydrogen-bond acceptors (Lipinski definition) is 6. The van der Waals surface area contributed by atoms with Gasteiger partial charge in [-0.15, -0.1) is 0 Å². The monoisotopic (exact) mass is 232 g/mol. The van der Waals surface area contributed by atoms with Gasteiger partial charge in [-0.1, -0.05) is 0 Å². The van der Waals surface area contributed by atoms with Gasteiger partial charge < -0.3 is 19.7 Å². The van der Waals surface area contributed by atoms with Crippen molar-refractivity contribution in [2.75, 3.05) is 26.3 Å². The van der Waals surface area contributed by atoms with Crippen LogP contribution in [0.5, 0.6) is 0 Å². The van der Waals surface area contributed by atoms with Crippen LogP contribution in [0.2, 0.25) is 0 Å². The van der Waals surface area contributed by atoms with Crippen LogP contribution in [0, 0.1) is 0 Å². The molecule has 2 N–H and O–H groups in total. The fourth-order valence-electron chi connectivity index (χ4n) is 0.527. The summed E-state index contributed by atoms with van der Waals surface area (Å²) in [6.45, 7) is 3.25. The molecule has 2 rings (SSSR count). The van der Waals surface area contributed by atoms with Crippen molar-refractivity contribution in [2.24, 2.45) is 9.98 Å². The molecule has 16 heavy (non-hydrogen) atoms. The van der Waals surface area contributed by atoms with Crippen LogP contribution >= 0.6 is 0 Å². The Morgan fingerprint density at radius 1 is 0.938 bits per heavy atom. The van der Waals surface area contributed by atoms with Crippen molar-refractivity contribution in [3.05, 3.63) is 0 Å². The lowest BCUT2D eigenvalue weighted by Crippen LogP contribution is -2.09. The standard InChI is InChI=1S/2C3H5NO.C2H2O4/c2*1-2-5-3-4-1;3-1(4)2(5)6/h2*3H,1-2H2;(H,3,4)(H,5,6). The Hall–Kier alpha value is -2.12. The number of carboxylic acid groups (broad SMARTS) is 2. The van der Waals surface area contributed by atoms with Crippen molar-refractivity contribution in [1.82, 2.24) is 0 Å². The van der Waals surface area contributed by atoms with E-state index in [4.69, 9.17) is 19.8 Å². The minimum atomic E-state index is -1.82. The summed E-state index contributed by atoms with van der Waals surface area (Å²) in [7, 11) is 0. The van der Waals surface area contributed by atoms with E-state index in [-0.39, 0.29) is 0 Å². The molecule has 0 radical (unpaired) electrons. The largest absolute Gasteiger partial charge is 0.482 e. The average Bonchev–Trinajstić information content (AvgIpc) is 2.97. The maximum Gasteiger partial charge on any atom is 0.414 e. The number of nitrogens with zero attached hydrogens (tertiary/aromatic N) is 2. The fraction of sp³-hybridized carbons (Fsp3) is 0.500. The molecule has 0 atom stereocenters. The molecule has 0 unspecified atom stereocenters. The van der Waals surface area contributed by atoms with Gasteiger partial charge in [0.25, 0.3) is 0 Å². The zero-order chi connectivity index (χ0) is 12.2. The third-order valence-corrected chi connectivity index (χ3v) is 1.16. The highest BCUT2D eigenvalue weighted by molar-refractivity contribution is 6.27. The Morgan fingerprint density at radius 3 is 1.38 bits per heavy atom. The average molecular weight is 232 g/mol. The fourth-order valence-corrected chi connectivity index (χ4v) is 0.527. The number of aliphatic carboxylic acids is 2. The van der Waals surface area contributed by atoms with Gasteiger partial charge in [-0.05, 0) is 0 Å². The van der Waals surface area contributed by atoms with Crippen LogP contribution in [-0.2, 0) is 19.1 Å². The normalized spacial score (nSPS) is 14.8. The first-order chi connectivity index (χ1) is 7.64. The molecule has 0 aromatic carbocycles. The smallest absolute Gasteiger partial charge is 0.414 e. The topological polar surface area (TPSA) is 118 Å². The van der Waals surface area contributed by atoms with Crippen LogP contribution in [0.15, 0.2) is 9.98 Å². The minimum Gasteiger partial charge on any atom is -0.482 e. The summed E-state index contributed by atoms with van der Waals surface area (Å²) in [5.74, 6) is -3.65. The second-order valence-electron chi connectivity index (χ2n) is 2.38. The predicted octanol–water partition coefficient (Wildman–Crippen LogP) is -0.755. The highest BCUT2D eigenvalue weighted by Crippen LogP contribution is 1.79. The Balaban J connectivity index is 0.000000211. The molecule has 8 nitrogen and oxygen atoms in total. The van der Waals surface area contributed by atoms with Gasteiger partial charge in [0, 0.05) is 0 Å². The first-order valence-corrected chi connectivity index (χ1v) is 4.30. The number of rotatable bonds is 0. The number of carboxylic acids is 2. The van der Waals surface area contributed by atoms with Crippen LogP contribution in [0.1, 0.15) is 0 Å². The minimum absolute atomic E-state index is 0.778. The summed E-state index contributed by atoms with van der Waals surface area (Å²) < 4.78 is 9.31. The molecule has 0 amide bonds. The van der Waals surface area contributed by atoms with Crippen LogP contribution in [0.3, 0.4) is 0 Å². The molecule has 8 heteroatoms. The van der Waals surface area contributed by atoms with Gasteiger partial charge in [0.2, 0.25) is 0 Å². The third-order valence-electron chi connectivity index (χ3n) is 1.16. The van der Waals surface area contributed by atoms with Gasteiger partial charge in [0.1, 0.15) is 13.2 Å². The summed E-state index contributed by atoms with van der Waals surface area (Å²) in [5.41, 5.74) is 0. The molecule has 0 aliphatic carbocycles. The second kappa shape index (κ2) is 9.44. The summed E-state index contributed by atoms with van der Waals surface area (Å²) in [4.78, 5) is 25.7. The van der Waals surface area contributed by atoms with Crippen molar-refractivity contribution in [2.45, 2.75) is 0 Å². The number of hydrogen-bond donors (Lipinski definition) is 2. The molecule has 0 fully saturated rings. The number of carbonyl (C=O) groups is 2. The second-order valence-corrected chi connectivity index (χ2v) is 2.38. The number of ether oxygens (including phenoxy) is 2. The van der Waals surface area contributed by atoms with E-state index in [9.17, 15) is 0 Å². The van der Waals surface area contributed by atoms with Crippen LogP contribution in [-0.4, -0.2) is 61.3 Å². The summed E-state index contributed by atoms with van der Waals surface area (Å²) in [6.07, 6.45) is 2.97. The van der Waals surface area contributed by atoms with Crippen LogP contribution in [0.4, 0.5) is 0 Å². The van der Waals surface area contributed by atoms with Gasteiger partial charge in [-0.25, -0.2) is 9.59 Å².